The quantitative estimate of drug-likeness (QED) is 0.730. The summed E-state index contributed by atoms with van der Waals surface area (Å²) in [6, 6.07) is 5.97. The molecular weight excluding hydrogens is 240 g/mol. The van der Waals surface area contributed by atoms with Crippen molar-refractivity contribution in [2.45, 2.75) is 44.6 Å². The highest BCUT2D eigenvalue weighted by Crippen LogP contribution is 2.27. The van der Waals surface area contributed by atoms with Gasteiger partial charge in [-0.25, -0.2) is 0 Å². The number of anilines is 1. The number of hydrogen-bond donors (Lipinski definition) is 3. The van der Waals surface area contributed by atoms with Crippen LogP contribution in [-0.2, 0) is 4.79 Å². The molecule has 0 saturated heterocycles. The van der Waals surface area contributed by atoms with Crippen LogP contribution < -0.4 is 11.1 Å². The van der Waals surface area contributed by atoms with Gasteiger partial charge in [-0.15, -0.1) is 0 Å². The lowest BCUT2D eigenvalue weighted by molar-refractivity contribution is -0.117. The Morgan fingerprint density at radius 1 is 1.26 bits per heavy atom. The average molecular weight is 262 g/mol. The fourth-order valence-electron chi connectivity index (χ4n) is 2.67. The number of amides is 1. The van der Waals surface area contributed by atoms with Crippen LogP contribution in [0.3, 0.4) is 0 Å². The van der Waals surface area contributed by atoms with Crippen molar-refractivity contribution < 1.29 is 9.90 Å². The van der Waals surface area contributed by atoms with Crippen LogP contribution in [0.2, 0.25) is 0 Å². The lowest BCUT2D eigenvalue weighted by atomic mass is 9.85. The summed E-state index contributed by atoms with van der Waals surface area (Å²) in [6.45, 7) is 0. The second-order valence-corrected chi connectivity index (χ2v) is 5.38. The van der Waals surface area contributed by atoms with Gasteiger partial charge in [0.1, 0.15) is 5.75 Å². The van der Waals surface area contributed by atoms with E-state index < -0.39 is 6.04 Å². The summed E-state index contributed by atoms with van der Waals surface area (Å²) < 4.78 is 0. The molecule has 2 rings (SSSR count). The molecule has 1 amide bonds. The first-order valence-electron chi connectivity index (χ1n) is 7.00. The Morgan fingerprint density at radius 3 is 2.53 bits per heavy atom. The second-order valence-electron chi connectivity index (χ2n) is 5.38. The monoisotopic (exact) mass is 262 g/mol. The molecule has 1 aromatic rings. The zero-order chi connectivity index (χ0) is 13.7. The molecule has 104 valence electrons. The van der Waals surface area contributed by atoms with E-state index in [9.17, 15) is 9.90 Å². The van der Waals surface area contributed by atoms with Crippen molar-refractivity contribution in [1.29, 1.82) is 0 Å². The molecule has 0 radical (unpaired) electrons. The van der Waals surface area contributed by atoms with E-state index in [1.54, 1.807) is 24.3 Å². The first-order valence-corrected chi connectivity index (χ1v) is 7.00. The predicted octanol–water partition coefficient (Wildman–Crippen LogP) is 2.63. The van der Waals surface area contributed by atoms with E-state index in [1.165, 1.54) is 32.1 Å². The molecule has 0 spiro atoms. The number of phenolic OH excluding ortho intramolecular Hbond substituents is 1. The molecular formula is C15H22N2O2. The van der Waals surface area contributed by atoms with Gasteiger partial charge in [0.05, 0.1) is 6.04 Å². The van der Waals surface area contributed by atoms with Crippen molar-refractivity contribution >= 4 is 11.6 Å². The van der Waals surface area contributed by atoms with Gasteiger partial charge in [0.25, 0.3) is 0 Å². The third-order valence-corrected chi connectivity index (χ3v) is 3.78. The summed E-state index contributed by atoms with van der Waals surface area (Å²) in [6.07, 6.45) is 6.99. The third kappa shape index (κ3) is 4.24. The van der Waals surface area contributed by atoms with E-state index >= 15 is 0 Å². The van der Waals surface area contributed by atoms with Crippen LogP contribution in [0, 0.1) is 5.92 Å². The van der Waals surface area contributed by atoms with Crippen molar-refractivity contribution in [3.05, 3.63) is 24.3 Å². The van der Waals surface area contributed by atoms with E-state index in [0.29, 0.717) is 11.6 Å². The Bertz CT molecular complexity index is 411. The minimum atomic E-state index is -0.447. The fourth-order valence-corrected chi connectivity index (χ4v) is 2.67. The Hall–Kier alpha value is -1.55. The third-order valence-electron chi connectivity index (χ3n) is 3.78. The standard InChI is InChI=1S/C15H22N2O2/c16-14(10-11-4-2-1-3-5-11)15(19)17-12-6-8-13(18)9-7-12/h6-9,11,14,18H,1-5,10,16H2,(H,17,19). The molecule has 1 aliphatic rings. The molecule has 0 bridgehead atoms. The van der Waals surface area contributed by atoms with Gasteiger partial charge in [0, 0.05) is 5.69 Å². The number of aromatic hydroxyl groups is 1. The summed E-state index contributed by atoms with van der Waals surface area (Å²) in [5.41, 5.74) is 6.63. The topological polar surface area (TPSA) is 75.4 Å². The van der Waals surface area contributed by atoms with Crippen LogP contribution in [0.4, 0.5) is 5.69 Å². The Morgan fingerprint density at radius 2 is 1.89 bits per heavy atom. The molecule has 1 fully saturated rings. The Labute approximate surface area is 114 Å². The summed E-state index contributed by atoms with van der Waals surface area (Å²) in [7, 11) is 0. The maximum atomic E-state index is 12.0. The maximum Gasteiger partial charge on any atom is 0.241 e. The zero-order valence-corrected chi connectivity index (χ0v) is 11.1. The first-order chi connectivity index (χ1) is 9.15. The van der Waals surface area contributed by atoms with Crippen molar-refractivity contribution in [2.75, 3.05) is 5.32 Å². The molecule has 0 heterocycles. The number of hydrogen-bond acceptors (Lipinski definition) is 3. The molecule has 1 aliphatic carbocycles. The molecule has 1 aromatic carbocycles. The highest BCUT2D eigenvalue weighted by atomic mass is 16.3. The number of carbonyl (C=O) groups is 1. The fraction of sp³-hybridized carbons (Fsp3) is 0.533. The lowest BCUT2D eigenvalue weighted by Gasteiger charge is -2.24. The minimum Gasteiger partial charge on any atom is -0.508 e. The van der Waals surface area contributed by atoms with E-state index in [1.807, 2.05) is 0 Å². The van der Waals surface area contributed by atoms with Crippen LogP contribution in [0.5, 0.6) is 5.75 Å². The zero-order valence-electron chi connectivity index (χ0n) is 11.1. The van der Waals surface area contributed by atoms with Crippen molar-refractivity contribution in [1.82, 2.24) is 0 Å². The molecule has 1 atom stereocenters. The van der Waals surface area contributed by atoms with Crippen LogP contribution in [-0.4, -0.2) is 17.1 Å². The van der Waals surface area contributed by atoms with Crippen molar-refractivity contribution in [2.24, 2.45) is 11.7 Å². The number of phenols is 1. The van der Waals surface area contributed by atoms with Gasteiger partial charge in [-0.05, 0) is 36.6 Å². The Kier molecular flexibility index (Phi) is 4.80. The number of carbonyl (C=O) groups excluding carboxylic acids is 1. The second kappa shape index (κ2) is 6.57. The SMILES string of the molecule is NC(CC1CCCCC1)C(=O)Nc1ccc(O)cc1. The smallest absolute Gasteiger partial charge is 0.241 e. The van der Waals surface area contributed by atoms with Gasteiger partial charge >= 0.3 is 0 Å². The largest absolute Gasteiger partial charge is 0.508 e. The van der Waals surface area contributed by atoms with Crippen molar-refractivity contribution in [3.63, 3.8) is 0 Å². The van der Waals surface area contributed by atoms with Gasteiger partial charge in [0.2, 0.25) is 5.91 Å². The van der Waals surface area contributed by atoms with Crippen LogP contribution in [0.1, 0.15) is 38.5 Å². The van der Waals surface area contributed by atoms with Gasteiger partial charge in [-0.2, -0.15) is 0 Å². The molecule has 4 nitrogen and oxygen atoms in total. The molecule has 0 aromatic heterocycles. The van der Waals surface area contributed by atoms with Crippen LogP contribution in [0.15, 0.2) is 24.3 Å². The average Bonchev–Trinajstić information content (AvgIpc) is 2.42. The predicted molar refractivity (Wildman–Crippen MR) is 75.9 cm³/mol. The highest BCUT2D eigenvalue weighted by Gasteiger charge is 2.21. The maximum absolute atomic E-state index is 12.0. The number of nitrogens with one attached hydrogen (secondary N) is 1. The number of nitrogens with two attached hydrogens (primary N) is 1. The molecule has 4 N–H and O–H groups in total. The first kappa shape index (κ1) is 13.9. The molecule has 0 aliphatic heterocycles. The number of rotatable bonds is 4. The van der Waals surface area contributed by atoms with Crippen LogP contribution in [0.25, 0.3) is 0 Å². The van der Waals surface area contributed by atoms with Crippen LogP contribution >= 0.6 is 0 Å². The van der Waals surface area contributed by atoms with Gasteiger partial charge in [-0.1, -0.05) is 32.1 Å². The van der Waals surface area contributed by atoms with E-state index in [4.69, 9.17) is 5.73 Å². The molecule has 1 saturated carbocycles. The van der Waals surface area contributed by atoms with E-state index in [-0.39, 0.29) is 11.7 Å². The normalized spacial score (nSPS) is 17.9. The summed E-state index contributed by atoms with van der Waals surface area (Å²) >= 11 is 0. The van der Waals surface area contributed by atoms with Gasteiger partial charge < -0.3 is 16.2 Å². The molecule has 1 unspecified atom stereocenters. The highest BCUT2D eigenvalue weighted by molar-refractivity contribution is 5.94. The molecule has 4 heteroatoms. The van der Waals surface area contributed by atoms with Crippen molar-refractivity contribution in [3.8, 4) is 5.75 Å². The van der Waals surface area contributed by atoms with Gasteiger partial charge in [0.15, 0.2) is 0 Å². The van der Waals surface area contributed by atoms with E-state index in [2.05, 4.69) is 5.32 Å². The molecule has 19 heavy (non-hydrogen) atoms. The van der Waals surface area contributed by atoms with E-state index in [0.717, 1.165) is 6.42 Å². The Balaban J connectivity index is 1.83. The summed E-state index contributed by atoms with van der Waals surface area (Å²) in [5.74, 6) is 0.634. The number of benzene rings is 1. The minimum absolute atomic E-state index is 0.142. The van der Waals surface area contributed by atoms with Gasteiger partial charge in [-0.3, -0.25) is 4.79 Å². The lowest BCUT2D eigenvalue weighted by Crippen LogP contribution is -2.37. The summed E-state index contributed by atoms with van der Waals surface area (Å²) in [5, 5.41) is 12.0. The summed E-state index contributed by atoms with van der Waals surface area (Å²) in [4.78, 5) is 12.0.